The van der Waals surface area contributed by atoms with Crippen LogP contribution in [0.2, 0.25) is 0 Å². The van der Waals surface area contributed by atoms with Crippen molar-refractivity contribution in [3.05, 3.63) is 82.0 Å². The van der Waals surface area contributed by atoms with Crippen molar-refractivity contribution < 1.29 is 59.2 Å². The topological polar surface area (TPSA) is 217 Å². The van der Waals surface area contributed by atoms with Gasteiger partial charge in [0, 0.05) is 23.8 Å². The molecule has 1 aliphatic heterocycles. The summed E-state index contributed by atoms with van der Waals surface area (Å²) in [7, 11) is 1.35. The molecule has 0 bridgehead atoms. The summed E-state index contributed by atoms with van der Waals surface area (Å²) in [5.41, 5.74) is -0.618. The largest absolute Gasteiger partial charge is 0.508 e. The van der Waals surface area contributed by atoms with Gasteiger partial charge in [-0.15, -0.1) is 0 Å². The number of benzene rings is 3. The fraction of sp³-hybridized carbons (Fsp3) is 0.226. The number of hydrogen-bond donors (Lipinski definition) is 7. The van der Waals surface area contributed by atoms with Crippen LogP contribution in [0.3, 0.4) is 0 Å². The summed E-state index contributed by atoms with van der Waals surface area (Å²) in [5.74, 6) is -2.36. The number of ether oxygens (including phenoxy) is 3. The number of carbonyl (C=O) groups excluding carboxylic acids is 1. The molecule has 13 nitrogen and oxygen atoms in total. The molecule has 1 aromatic heterocycles. The highest BCUT2D eigenvalue weighted by Gasteiger charge is 2.49. The Bertz CT molecular complexity index is 1780. The number of fused-ring (bicyclic) bond motifs is 1. The van der Waals surface area contributed by atoms with Crippen molar-refractivity contribution in [2.45, 2.75) is 30.5 Å². The molecule has 0 radical (unpaired) electrons. The molecule has 44 heavy (non-hydrogen) atoms. The third-order valence-corrected chi connectivity index (χ3v) is 7.17. The molecule has 0 saturated carbocycles. The minimum Gasteiger partial charge on any atom is -0.508 e. The number of esters is 1. The number of aromatic hydroxyl groups is 4. The first-order valence-electron chi connectivity index (χ1n) is 13.2. The van der Waals surface area contributed by atoms with Crippen LogP contribution in [-0.2, 0) is 14.3 Å². The van der Waals surface area contributed by atoms with Crippen molar-refractivity contribution >= 4 is 23.0 Å². The SMILES string of the molecule is COc1cc(C=CC(=O)OC2C(c3c(O)cc(O)c4c(=O)cc(-c5ccc(O)cc5)oc34)OC(CO)C(O)C2O)ccc1O. The zero-order valence-corrected chi connectivity index (χ0v) is 23.0. The van der Waals surface area contributed by atoms with Gasteiger partial charge in [0.1, 0.15) is 52.8 Å². The number of phenolic OH excluding ortho intramolecular Hbond substituents is 4. The van der Waals surface area contributed by atoms with Gasteiger partial charge in [0.2, 0.25) is 0 Å². The fourth-order valence-corrected chi connectivity index (χ4v) is 4.95. The van der Waals surface area contributed by atoms with Gasteiger partial charge in [-0.05, 0) is 48.0 Å². The standard InChI is InChI=1S/C31H28O13/c1-41-22-10-14(2-8-17(22)34)3-9-24(38)44-31-28(40)27(39)23(13-32)43-30(31)26-19(36)11-18(35)25-20(37)12-21(42-29(25)26)15-4-6-16(33)7-5-15/h2-12,23,27-28,30-36,39-40H,13H2,1H3. The zero-order valence-electron chi connectivity index (χ0n) is 23.0. The van der Waals surface area contributed by atoms with E-state index in [1.165, 1.54) is 55.7 Å². The summed E-state index contributed by atoms with van der Waals surface area (Å²) in [6.07, 6.45) is -6.02. The van der Waals surface area contributed by atoms with E-state index in [2.05, 4.69) is 0 Å². The minimum atomic E-state index is -1.85. The molecule has 2 heterocycles. The monoisotopic (exact) mass is 608 g/mol. The van der Waals surface area contributed by atoms with E-state index in [9.17, 15) is 45.3 Å². The maximum Gasteiger partial charge on any atom is 0.331 e. The summed E-state index contributed by atoms with van der Waals surface area (Å²) < 4.78 is 22.3. The van der Waals surface area contributed by atoms with Gasteiger partial charge in [-0.3, -0.25) is 4.79 Å². The average molecular weight is 609 g/mol. The van der Waals surface area contributed by atoms with Crippen molar-refractivity contribution in [2.24, 2.45) is 0 Å². The first-order chi connectivity index (χ1) is 21.0. The maximum absolute atomic E-state index is 13.1. The minimum absolute atomic E-state index is 0.0235. The molecule has 5 atom stereocenters. The van der Waals surface area contributed by atoms with Crippen LogP contribution in [0.5, 0.6) is 28.7 Å². The van der Waals surface area contributed by atoms with Crippen molar-refractivity contribution in [1.82, 2.24) is 0 Å². The quantitative estimate of drug-likeness (QED) is 0.118. The molecule has 3 aromatic carbocycles. The van der Waals surface area contributed by atoms with Crippen molar-refractivity contribution in [2.75, 3.05) is 13.7 Å². The highest BCUT2D eigenvalue weighted by Crippen LogP contribution is 2.44. The first kappa shape index (κ1) is 30.4. The van der Waals surface area contributed by atoms with Crippen LogP contribution in [0.25, 0.3) is 28.4 Å². The van der Waals surface area contributed by atoms with Gasteiger partial charge >= 0.3 is 5.97 Å². The Hall–Kier alpha value is -5.08. The van der Waals surface area contributed by atoms with Gasteiger partial charge in [-0.2, -0.15) is 0 Å². The lowest BCUT2D eigenvalue weighted by molar-refractivity contribution is -0.239. The number of aliphatic hydroxyl groups is 3. The van der Waals surface area contributed by atoms with Crippen LogP contribution in [0, 0.1) is 0 Å². The lowest BCUT2D eigenvalue weighted by Crippen LogP contribution is -2.56. The summed E-state index contributed by atoms with van der Waals surface area (Å²) in [4.78, 5) is 26.1. The smallest absolute Gasteiger partial charge is 0.331 e. The van der Waals surface area contributed by atoms with Gasteiger partial charge in [0.25, 0.3) is 0 Å². The molecular weight excluding hydrogens is 580 g/mol. The zero-order chi connectivity index (χ0) is 31.7. The summed E-state index contributed by atoms with van der Waals surface area (Å²) in [5, 5.41) is 72.0. The third-order valence-electron chi connectivity index (χ3n) is 7.17. The summed E-state index contributed by atoms with van der Waals surface area (Å²) >= 11 is 0. The highest BCUT2D eigenvalue weighted by molar-refractivity contribution is 5.90. The number of carbonyl (C=O) groups is 1. The van der Waals surface area contributed by atoms with E-state index in [0.29, 0.717) is 11.1 Å². The molecule has 230 valence electrons. The molecule has 4 aromatic rings. The van der Waals surface area contributed by atoms with E-state index in [1.807, 2.05) is 0 Å². The second-order valence-electron chi connectivity index (χ2n) is 9.98. The fourth-order valence-electron chi connectivity index (χ4n) is 4.95. The van der Waals surface area contributed by atoms with Gasteiger partial charge < -0.3 is 54.4 Å². The Morgan fingerprint density at radius 1 is 0.932 bits per heavy atom. The predicted octanol–water partition coefficient (Wildman–Crippen LogP) is 2.07. The molecule has 5 rings (SSSR count). The molecule has 0 aliphatic carbocycles. The van der Waals surface area contributed by atoms with Crippen LogP contribution >= 0.6 is 0 Å². The molecule has 1 fully saturated rings. The summed E-state index contributed by atoms with van der Waals surface area (Å²) in [6, 6.07) is 11.9. The van der Waals surface area contributed by atoms with Gasteiger partial charge in [-0.1, -0.05) is 6.07 Å². The number of hydrogen-bond acceptors (Lipinski definition) is 13. The summed E-state index contributed by atoms with van der Waals surface area (Å²) in [6.45, 7) is -0.780. The predicted molar refractivity (Wildman–Crippen MR) is 153 cm³/mol. The molecule has 5 unspecified atom stereocenters. The van der Waals surface area contributed by atoms with E-state index < -0.39 is 60.0 Å². The van der Waals surface area contributed by atoms with Crippen LogP contribution in [0.15, 0.2) is 69.9 Å². The third kappa shape index (κ3) is 5.76. The molecule has 1 saturated heterocycles. The van der Waals surface area contributed by atoms with Crippen LogP contribution in [0.1, 0.15) is 17.2 Å². The normalized spacial score (nSPS) is 21.9. The number of methoxy groups -OCH3 is 1. The van der Waals surface area contributed by atoms with Gasteiger partial charge in [0.05, 0.1) is 19.3 Å². The molecular formula is C31H28O13. The van der Waals surface area contributed by atoms with Gasteiger partial charge in [0.15, 0.2) is 28.6 Å². The second kappa shape index (κ2) is 12.3. The van der Waals surface area contributed by atoms with Crippen molar-refractivity contribution in [3.8, 4) is 40.1 Å². The van der Waals surface area contributed by atoms with Crippen LogP contribution in [0.4, 0.5) is 0 Å². The second-order valence-corrected chi connectivity index (χ2v) is 9.98. The molecule has 0 amide bonds. The average Bonchev–Trinajstić information content (AvgIpc) is 2.99. The van der Waals surface area contributed by atoms with E-state index >= 15 is 0 Å². The Morgan fingerprint density at radius 3 is 2.34 bits per heavy atom. The molecule has 0 spiro atoms. The number of aliphatic hydroxyl groups excluding tert-OH is 3. The lowest BCUT2D eigenvalue weighted by Gasteiger charge is -2.41. The first-order valence-corrected chi connectivity index (χ1v) is 13.2. The maximum atomic E-state index is 13.1. The Balaban J connectivity index is 1.59. The van der Waals surface area contributed by atoms with Crippen LogP contribution < -0.4 is 10.2 Å². The molecule has 1 aliphatic rings. The van der Waals surface area contributed by atoms with E-state index in [-0.39, 0.29) is 39.5 Å². The Morgan fingerprint density at radius 2 is 1.66 bits per heavy atom. The van der Waals surface area contributed by atoms with Crippen LogP contribution in [-0.4, -0.2) is 79.8 Å². The van der Waals surface area contributed by atoms with Crippen molar-refractivity contribution in [1.29, 1.82) is 0 Å². The van der Waals surface area contributed by atoms with E-state index in [4.69, 9.17) is 18.6 Å². The van der Waals surface area contributed by atoms with Crippen molar-refractivity contribution in [3.63, 3.8) is 0 Å². The highest BCUT2D eigenvalue weighted by atomic mass is 16.6. The van der Waals surface area contributed by atoms with E-state index in [0.717, 1.165) is 18.2 Å². The van der Waals surface area contributed by atoms with E-state index in [1.54, 1.807) is 0 Å². The molecule has 13 heteroatoms. The molecule has 7 N–H and O–H groups in total. The Labute approximate surface area is 248 Å². The lowest BCUT2D eigenvalue weighted by atomic mass is 9.89. The number of phenols is 4. The van der Waals surface area contributed by atoms with Gasteiger partial charge in [-0.25, -0.2) is 4.79 Å². The Kier molecular flexibility index (Phi) is 8.47. The number of rotatable bonds is 7.